The van der Waals surface area contributed by atoms with E-state index in [1.807, 2.05) is 0 Å². The van der Waals surface area contributed by atoms with Crippen LogP contribution in [-0.4, -0.2) is 4.98 Å². The summed E-state index contributed by atoms with van der Waals surface area (Å²) < 4.78 is 77.2. The highest BCUT2D eigenvalue weighted by Gasteiger charge is 2.35. The van der Waals surface area contributed by atoms with Crippen LogP contribution in [0.3, 0.4) is 0 Å². The van der Waals surface area contributed by atoms with Crippen LogP contribution < -0.4 is 0 Å². The number of hydrogen-bond donors (Lipinski definition) is 1. The molecule has 0 aliphatic rings. The topological polar surface area (TPSA) is 15.8 Å². The molecule has 1 aromatic heterocycles. The summed E-state index contributed by atoms with van der Waals surface area (Å²) in [6.45, 7) is 0. The van der Waals surface area contributed by atoms with Crippen molar-refractivity contribution in [2.45, 2.75) is 12.4 Å². The summed E-state index contributed by atoms with van der Waals surface area (Å²) in [5.74, 6) is 0. The van der Waals surface area contributed by atoms with Gasteiger partial charge < -0.3 is 4.98 Å². The standard InChI is InChI=1S/C14H5Br2F6N/c15-9-1-5-6-2-10(16)8(14(20,21)22)4-12(6)23-11(5)3-7(9)13(17,18)19/h1-4,23H. The normalized spacial score (nSPS) is 13.2. The number of aromatic amines is 1. The quantitative estimate of drug-likeness (QED) is 0.352. The average molecular weight is 461 g/mol. The highest BCUT2D eigenvalue weighted by molar-refractivity contribution is 9.10. The molecule has 0 radical (unpaired) electrons. The Bertz CT molecular complexity index is 849. The van der Waals surface area contributed by atoms with Gasteiger partial charge in [-0.1, -0.05) is 31.9 Å². The van der Waals surface area contributed by atoms with Gasteiger partial charge in [-0.25, -0.2) is 0 Å². The van der Waals surface area contributed by atoms with Gasteiger partial charge in [0.15, 0.2) is 0 Å². The monoisotopic (exact) mass is 459 g/mol. The van der Waals surface area contributed by atoms with Gasteiger partial charge in [0.2, 0.25) is 0 Å². The number of hydrogen-bond acceptors (Lipinski definition) is 0. The molecule has 23 heavy (non-hydrogen) atoms. The van der Waals surface area contributed by atoms with Crippen LogP contribution >= 0.6 is 31.9 Å². The Morgan fingerprint density at radius 2 is 1.00 bits per heavy atom. The molecule has 3 rings (SSSR count). The molecule has 0 spiro atoms. The molecule has 0 aliphatic heterocycles. The molecule has 0 aliphatic carbocycles. The number of alkyl halides is 6. The Morgan fingerprint density at radius 1 is 0.652 bits per heavy atom. The fraction of sp³-hybridized carbons (Fsp3) is 0.143. The second-order valence-electron chi connectivity index (χ2n) is 4.88. The molecule has 9 heteroatoms. The van der Waals surface area contributed by atoms with Gasteiger partial charge in [-0.3, -0.25) is 0 Å². The average Bonchev–Trinajstić information content (AvgIpc) is 2.72. The maximum absolute atomic E-state index is 12.9. The van der Waals surface area contributed by atoms with Crippen molar-refractivity contribution in [3.63, 3.8) is 0 Å². The molecule has 0 unspecified atom stereocenters. The van der Waals surface area contributed by atoms with Crippen molar-refractivity contribution in [3.05, 3.63) is 44.3 Å². The van der Waals surface area contributed by atoms with E-state index in [-0.39, 0.29) is 20.0 Å². The van der Waals surface area contributed by atoms with E-state index in [4.69, 9.17) is 0 Å². The van der Waals surface area contributed by atoms with Crippen LogP contribution in [0.4, 0.5) is 26.3 Å². The van der Waals surface area contributed by atoms with Crippen molar-refractivity contribution in [1.29, 1.82) is 0 Å². The summed E-state index contributed by atoms with van der Waals surface area (Å²) in [6.07, 6.45) is -9.13. The van der Waals surface area contributed by atoms with Crippen LogP contribution in [-0.2, 0) is 12.4 Å². The molecule has 2 aromatic carbocycles. The molecule has 0 bridgehead atoms. The number of nitrogens with one attached hydrogen (secondary N) is 1. The lowest BCUT2D eigenvalue weighted by molar-refractivity contribution is -0.138. The Morgan fingerprint density at radius 3 is 1.30 bits per heavy atom. The van der Waals surface area contributed by atoms with Crippen LogP contribution in [0.25, 0.3) is 21.8 Å². The van der Waals surface area contributed by atoms with Gasteiger partial charge in [-0.2, -0.15) is 26.3 Å². The minimum atomic E-state index is -4.57. The third-order valence-electron chi connectivity index (χ3n) is 3.38. The zero-order valence-electron chi connectivity index (χ0n) is 10.8. The maximum Gasteiger partial charge on any atom is 0.417 e. The maximum atomic E-state index is 12.9. The molecule has 0 saturated heterocycles. The van der Waals surface area contributed by atoms with Crippen molar-refractivity contribution in [3.8, 4) is 0 Å². The lowest BCUT2D eigenvalue weighted by atomic mass is 10.1. The predicted molar refractivity (Wildman–Crippen MR) is 81.2 cm³/mol. The van der Waals surface area contributed by atoms with E-state index in [2.05, 4.69) is 36.8 Å². The zero-order chi connectivity index (χ0) is 17.2. The van der Waals surface area contributed by atoms with E-state index in [1.54, 1.807) is 0 Å². The number of fused-ring (bicyclic) bond motifs is 3. The Kier molecular flexibility index (Phi) is 3.72. The number of aromatic nitrogens is 1. The van der Waals surface area contributed by atoms with Gasteiger partial charge in [0.25, 0.3) is 0 Å². The minimum Gasteiger partial charge on any atom is -0.354 e. The first-order valence-electron chi connectivity index (χ1n) is 6.07. The zero-order valence-corrected chi connectivity index (χ0v) is 14.0. The number of benzene rings is 2. The van der Waals surface area contributed by atoms with Crippen molar-refractivity contribution >= 4 is 53.7 Å². The van der Waals surface area contributed by atoms with E-state index in [9.17, 15) is 26.3 Å². The fourth-order valence-electron chi connectivity index (χ4n) is 2.38. The largest absolute Gasteiger partial charge is 0.417 e. The summed E-state index contributed by atoms with van der Waals surface area (Å²) in [5, 5.41) is 0.795. The van der Waals surface area contributed by atoms with Crippen molar-refractivity contribution in [2.24, 2.45) is 0 Å². The van der Waals surface area contributed by atoms with Crippen LogP contribution in [0.1, 0.15) is 11.1 Å². The molecule has 1 nitrogen and oxygen atoms in total. The van der Waals surface area contributed by atoms with Crippen molar-refractivity contribution in [1.82, 2.24) is 4.98 Å². The number of halogens is 8. The summed E-state index contributed by atoms with van der Waals surface area (Å²) in [4.78, 5) is 2.62. The van der Waals surface area contributed by atoms with Crippen molar-refractivity contribution in [2.75, 3.05) is 0 Å². The summed E-state index contributed by atoms with van der Waals surface area (Å²) in [6, 6.07) is 4.24. The number of rotatable bonds is 0. The van der Waals surface area contributed by atoms with E-state index in [1.165, 1.54) is 12.1 Å². The van der Waals surface area contributed by atoms with E-state index < -0.39 is 23.5 Å². The number of H-pyrrole nitrogens is 1. The Labute approximate surface area is 141 Å². The summed E-state index contributed by atoms with van der Waals surface area (Å²) >= 11 is 5.73. The summed E-state index contributed by atoms with van der Waals surface area (Å²) in [5.41, 5.74) is -1.57. The van der Waals surface area contributed by atoms with E-state index >= 15 is 0 Å². The van der Waals surface area contributed by atoms with Crippen LogP contribution in [0.5, 0.6) is 0 Å². The van der Waals surface area contributed by atoms with Gasteiger partial charge >= 0.3 is 12.4 Å². The Hall–Kier alpha value is -1.22. The highest BCUT2D eigenvalue weighted by Crippen LogP contribution is 2.42. The Balaban J connectivity index is 2.35. The second-order valence-corrected chi connectivity index (χ2v) is 6.58. The SMILES string of the molecule is FC(F)(F)c1cc2[nH]c3cc(C(F)(F)F)c(Br)cc3c2cc1Br. The first kappa shape index (κ1) is 16.6. The minimum absolute atomic E-state index is 0.113. The second kappa shape index (κ2) is 5.14. The molecular formula is C14H5Br2F6N. The molecule has 0 fully saturated rings. The van der Waals surface area contributed by atoms with E-state index in [0.29, 0.717) is 10.8 Å². The third-order valence-corrected chi connectivity index (χ3v) is 4.70. The third kappa shape index (κ3) is 2.84. The lowest BCUT2D eigenvalue weighted by Crippen LogP contribution is -2.05. The van der Waals surface area contributed by atoms with E-state index in [0.717, 1.165) is 12.1 Å². The summed E-state index contributed by atoms with van der Waals surface area (Å²) in [7, 11) is 0. The van der Waals surface area contributed by atoms with Gasteiger partial charge in [0.05, 0.1) is 11.1 Å². The van der Waals surface area contributed by atoms with Crippen molar-refractivity contribution < 1.29 is 26.3 Å². The smallest absolute Gasteiger partial charge is 0.354 e. The molecule has 3 aromatic rings. The molecule has 1 N–H and O–H groups in total. The highest BCUT2D eigenvalue weighted by atomic mass is 79.9. The van der Waals surface area contributed by atoms with Gasteiger partial charge in [0.1, 0.15) is 0 Å². The van der Waals surface area contributed by atoms with Gasteiger partial charge in [0, 0.05) is 30.8 Å². The van der Waals surface area contributed by atoms with Crippen LogP contribution in [0.15, 0.2) is 33.2 Å². The molecule has 0 saturated carbocycles. The van der Waals surface area contributed by atoms with Crippen LogP contribution in [0.2, 0.25) is 0 Å². The molecule has 0 amide bonds. The lowest BCUT2D eigenvalue weighted by Gasteiger charge is -2.09. The molecule has 1 heterocycles. The molecule has 122 valence electrons. The fourth-order valence-corrected chi connectivity index (χ4v) is 3.51. The van der Waals surface area contributed by atoms with Crippen LogP contribution in [0, 0.1) is 0 Å². The first-order valence-corrected chi connectivity index (χ1v) is 7.66. The van der Waals surface area contributed by atoms with Gasteiger partial charge in [-0.05, 0) is 24.3 Å². The molecule has 0 atom stereocenters. The molecular weight excluding hydrogens is 456 g/mol. The van der Waals surface area contributed by atoms with Gasteiger partial charge in [-0.15, -0.1) is 0 Å². The predicted octanol–water partition coefficient (Wildman–Crippen LogP) is 6.88. The first-order chi connectivity index (χ1) is 10.5.